The third kappa shape index (κ3) is 4.56. The summed E-state index contributed by atoms with van der Waals surface area (Å²) in [7, 11) is 2.11. The molecule has 1 aliphatic heterocycles. The first kappa shape index (κ1) is 18.3. The van der Waals surface area contributed by atoms with Crippen LogP contribution in [0.3, 0.4) is 0 Å². The number of amides is 1. The molecule has 0 saturated carbocycles. The van der Waals surface area contributed by atoms with Crippen LogP contribution in [0.25, 0.3) is 0 Å². The predicted molar refractivity (Wildman–Crippen MR) is 106 cm³/mol. The number of para-hydroxylation sites is 2. The van der Waals surface area contributed by atoms with E-state index in [1.165, 1.54) is 18.2 Å². The Kier molecular flexibility index (Phi) is 5.80. The van der Waals surface area contributed by atoms with Crippen molar-refractivity contribution < 1.29 is 9.18 Å². The standard InChI is InChI=1S/C19H21FN4OS/c1-23-9-11-24(12-10-23)17-8-3-2-7-16(17)21-19(26)22-18(25)14-5-4-6-15(20)13-14/h2-8,13H,9-12H2,1H3,(H2,21,22,25,26). The van der Waals surface area contributed by atoms with E-state index in [1.54, 1.807) is 6.07 Å². The number of nitrogens with zero attached hydrogens (tertiary/aromatic N) is 2. The number of benzene rings is 2. The number of thiocarbonyl (C=S) groups is 1. The minimum Gasteiger partial charge on any atom is -0.367 e. The van der Waals surface area contributed by atoms with E-state index < -0.39 is 11.7 Å². The molecule has 0 unspecified atom stereocenters. The zero-order valence-electron chi connectivity index (χ0n) is 14.5. The second-order valence-electron chi connectivity index (χ2n) is 6.23. The zero-order valence-corrected chi connectivity index (χ0v) is 15.4. The van der Waals surface area contributed by atoms with E-state index in [4.69, 9.17) is 12.2 Å². The average Bonchev–Trinajstić information content (AvgIpc) is 2.63. The molecule has 3 rings (SSSR count). The summed E-state index contributed by atoms with van der Waals surface area (Å²) in [5.74, 6) is -0.906. The molecule has 1 amide bonds. The minimum atomic E-state index is -0.461. The molecule has 2 N–H and O–H groups in total. The Hall–Kier alpha value is -2.51. The predicted octanol–water partition coefficient (Wildman–Crippen LogP) is 2.70. The van der Waals surface area contributed by atoms with Gasteiger partial charge in [-0.3, -0.25) is 10.1 Å². The Labute approximate surface area is 157 Å². The van der Waals surface area contributed by atoms with Gasteiger partial charge in [0.2, 0.25) is 0 Å². The lowest BCUT2D eigenvalue weighted by atomic mass is 10.2. The molecule has 2 aromatic rings. The summed E-state index contributed by atoms with van der Waals surface area (Å²) < 4.78 is 13.3. The van der Waals surface area contributed by atoms with Crippen molar-refractivity contribution in [2.24, 2.45) is 0 Å². The van der Waals surface area contributed by atoms with Gasteiger partial charge in [-0.2, -0.15) is 0 Å². The second kappa shape index (κ2) is 8.25. The maximum absolute atomic E-state index is 13.3. The normalized spacial score (nSPS) is 14.8. The van der Waals surface area contributed by atoms with Gasteiger partial charge in [0, 0.05) is 31.7 Å². The fourth-order valence-corrected chi connectivity index (χ4v) is 3.06. The lowest BCUT2D eigenvalue weighted by molar-refractivity contribution is 0.0977. The molecule has 0 aromatic heterocycles. The van der Waals surface area contributed by atoms with Crippen molar-refractivity contribution in [1.29, 1.82) is 0 Å². The van der Waals surface area contributed by atoms with E-state index in [9.17, 15) is 9.18 Å². The maximum Gasteiger partial charge on any atom is 0.257 e. The highest BCUT2D eigenvalue weighted by Gasteiger charge is 2.17. The molecule has 0 atom stereocenters. The van der Waals surface area contributed by atoms with E-state index in [0.29, 0.717) is 0 Å². The maximum atomic E-state index is 13.3. The van der Waals surface area contributed by atoms with Crippen LogP contribution in [0.15, 0.2) is 48.5 Å². The summed E-state index contributed by atoms with van der Waals surface area (Å²) in [5.41, 5.74) is 2.10. The molecule has 1 saturated heterocycles. The van der Waals surface area contributed by atoms with Crippen LogP contribution in [0.5, 0.6) is 0 Å². The van der Waals surface area contributed by atoms with Crippen molar-refractivity contribution in [1.82, 2.24) is 10.2 Å². The van der Waals surface area contributed by atoms with Crippen molar-refractivity contribution >= 4 is 34.6 Å². The highest BCUT2D eigenvalue weighted by atomic mass is 32.1. The zero-order chi connectivity index (χ0) is 18.5. The molecule has 0 spiro atoms. The van der Waals surface area contributed by atoms with E-state index in [0.717, 1.165) is 37.6 Å². The van der Waals surface area contributed by atoms with Crippen LogP contribution in [0, 0.1) is 5.82 Å². The number of anilines is 2. The first-order valence-corrected chi connectivity index (χ1v) is 8.84. The van der Waals surface area contributed by atoms with Crippen LogP contribution in [-0.2, 0) is 0 Å². The van der Waals surface area contributed by atoms with Crippen molar-refractivity contribution in [3.63, 3.8) is 0 Å². The van der Waals surface area contributed by atoms with Crippen LogP contribution in [0.4, 0.5) is 15.8 Å². The van der Waals surface area contributed by atoms with Gasteiger partial charge in [0.05, 0.1) is 11.4 Å². The Morgan fingerprint density at radius 2 is 1.81 bits per heavy atom. The van der Waals surface area contributed by atoms with Crippen LogP contribution in [0.2, 0.25) is 0 Å². The summed E-state index contributed by atoms with van der Waals surface area (Å²) in [6.07, 6.45) is 0. The number of likely N-dealkylation sites (N-methyl/N-ethyl adjacent to an activating group) is 1. The van der Waals surface area contributed by atoms with Gasteiger partial charge >= 0.3 is 0 Å². The van der Waals surface area contributed by atoms with Crippen molar-refractivity contribution in [2.75, 3.05) is 43.4 Å². The topological polar surface area (TPSA) is 47.6 Å². The Bertz CT molecular complexity index is 806. The van der Waals surface area contributed by atoms with E-state index in [1.807, 2.05) is 24.3 Å². The van der Waals surface area contributed by atoms with Gasteiger partial charge in [0.1, 0.15) is 5.82 Å². The SMILES string of the molecule is CN1CCN(c2ccccc2NC(=S)NC(=O)c2cccc(F)c2)CC1. The van der Waals surface area contributed by atoms with Crippen molar-refractivity contribution in [3.05, 3.63) is 59.9 Å². The van der Waals surface area contributed by atoms with Gasteiger partial charge in [0.25, 0.3) is 5.91 Å². The fraction of sp³-hybridized carbons (Fsp3) is 0.263. The first-order valence-electron chi connectivity index (χ1n) is 8.43. The molecule has 0 bridgehead atoms. The lowest BCUT2D eigenvalue weighted by Gasteiger charge is -2.35. The van der Waals surface area contributed by atoms with Crippen LogP contribution in [0.1, 0.15) is 10.4 Å². The number of piperazine rings is 1. The largest absolute Gasteiger partial charge is 0.367 e. The monoisotopic (exact) mass is 372 g/mol. The van der Waals surface area contributed by atoms with Crippen molar-refractivity contribution in [3.8, 4) is 0 Å². The molecule has 2 aromatic carbocycles. The number of rotatable bonds is 3. The van der Waals surface area contributed by atoms with Crippen LogP contribution >= 0.6 is 12.2 Å². The number of carbonyl (C=O) groups is 1. The highest BCUT2D eigenvalue weighted by Crippen LogP contribution is 2.26. The number of carbonyl (C=O) groups excluding carboxylic acids is 1. The summed E-state index contributed by atoms with van der Waals surface area (Å²) in [5, 5.41) is 5.86. The molecule has 5 nitrogen and oxygen atoms in total. The molecule has 7 heteroatoms. The molecule has 1 aliphatic rings. The third-order valence-corrected chi connectivity index (χ3v) is 4.51. The average molecular weight is 372 g/mol. The number of hydrogen-bond donors (Lipinski definition) is 2. The summed E-state index contributed by atoms with van der Waals surface area (Å²) >= 11 is 5.26. The van der Waals surface area contributed by atoms with Gasteiger partial charge in [-0.25, -0.2) is 4.39 Å². The lowest BCUT2D eigenvalue weighted by Crippen LogP contribution is -2.45. The molecule has 1 heterocycles. The molecule has 26 heavy (non-hydrogen) atoms. The number of halogens is 1. The van der Waals surface area contributed by atoms with E-state index in [2.05, 4.69) is 27.5 Å². The third-order valence-electron chi connectivity index (χ3n) is 4.31. The molecular formula is C19H21FN4OS. The Morgan fingerprint density at radius 1 is 1.08 bits per heavy atom. The molecular weight excluding hydrogens is 351 g/mol. The fourth-order valence-electron chi connectivity index (χ4n) is 2.86. The van der Waals surface area contributed by atoms with Crippen LogP contribution in [-0.4, -0.2) is 49.1 Å². The summed E-state index contributed by atoms with van der Waals surface area (Å²) in [6.45, 7) is 3.85. The van der Waals surface area contributed by atoms with Crippen LogP contribution < -0.4 is 15.5 Å². The molecule has 1 fully saturated rings. The summed E-state index contributed by atoms with van der Waals surface area (Å²) in [6, 6.07) is 13.4. The Balaban J connectivity index is 1.67. The molecule has 136 valence electrons. The van der Waals surface area contributed by atoms with Gasteiger partial charge in [0.15, 0.2) is 5.11 Å². The van der Waals surface area contributed by atoms with Gasteiger partial charge in [-0.1, -0.05) is 18.2 Å². The molecule has 0 aliphatic carbocycles. The Morgan fingerprint density at radius 3 is 2.54 bits per heavy atom. The van der Waals surface area contributed by atoms with Gasteiger partial charge in [-0.15, -0.1) is 0 Å². The van der Waals surface area contributed by atoms with Gasteiger partial charge < -0.3 is 15.1 Å². The molecule has 0 radical (unpaired) electrons. The first-order chi connectivity index (χ1) is 12.5. The van der Waals surface area contributed by atoms with Gasteiger partial charge in [-0.05, 0) is 49.6 Å². The quantitative estimate of drug-likeness (QED) is 0.812. The smallest absolute Gasteiger partial charge is 0.257 e. The minimum absolute atomic E-state index is 0.181. The number of hydrogen-bond acceptors (Lipinski definition) is 4. The second-order valence-corrected chi connectivity index (χ2v) is 6.63. The highest BCUT2D eigenvalue weighted by molar-refractivity contribution is 7.80. The number of nitrogens with one attached hydrogen (secondary N) is 2. The van der Waals surface area contributed by atoms with E-state index in [-0.39, 0.29) is 10.7 Å². The summed E-state index contributed by atoms with van der Waals surface area (Å²) in [4.78, 5) is 16.8. The van der Waals surface area contributed by atoms with Crippen molar-refractivity contribution in [2.45, 2.75) is 0 Å². The van der Waals surface area contributed by atoms with E-state index >= 15 is 0 Å².